The van der Waals surface area contributed by atoms with E-state index in [4.69, 9.17) is 0 Å². The van der Waals surface area contributed by atoms with E-state index in [-0.39, 0.29) is 11.7 Å². The van der Waals surface area contributed by atoms with E-state index in [9.17, 15) is 13.2 Å². The Morgan fingerprint density at radius 3 is 2.71 bits per heavy atom. The molecule has 1 aliphatic heterocycles. The molecule has 0 radical (unpaired) electrons. The highest BCUT2D eigenvalue weighted by molar-refractivity contribution is 7.92. The quantitative estimate of drug-likeness (QED) is 0.640. The van der Waals surface area contributed by atoms with Gasteiger partial charge in [-0.25, -0.2) is 8.42 Å². The number of carbonyl (C=O) groups is 1. The number of ether oxygens (including phenoxy) is 1. The lowest BCUT2D eigenvalue weighted by molar-refractivity contribution is -0.142. The van der Waals surface area contributed by atoms with Gasteiger partial charge in [-0.15, -0.1) is 0 Å². The molecule has 0 aliphatic carbocycles. The predicted octanol–water partition coefficient (Wildman–Crippen LogP) is -0.675. The van der Waals surface area contributed by atoms with Gasteiger partial charge in [-0.3, -0.25) is 4.79 Å². The van der Waals surface area contributed by atoms with Crippen molar-refractivity contribution in [2.75, 3.05) is 19.4 Å². The Kier molecular flexibility index (Phi) is 3.49. The lowest BCUT2D eigenvalue weighted by atomic mass is 10.2. The van der Waals surface area contributed by atoms with Crippen molar-refractivity contribution in [2.24, 2.45) is 0 Å². The molecule has 0 bridgehead atoms. The molecule has 1 fully saturated rings. The standard InChI is InChI=1S/C8H15NO4S/c1-3-14(11,12)6-4-7(9-5-6)8(10)13-2/h6-7,9H,3-5H2,1-2H3/t6-,7+/m1/s1. The summed E-state index contributed by atoms with van der Waals surface area (Å²) in [5, 5.41) is 2.40. The van der Waals surface area contributed by atoms with Crippen LogP contribution in [0.3, 0.4) is 0 Å². The van der Waals surface area contributed by atoms with Gasteiger partial charge in [0.05, 0.1) is 12.4 Å². The Morgan fingerprint density at radius 1 is 1.57 bits per heavy atom. The summed E-state index contributed by atoms with van der Waals surface area (Å²) in [5.41, 5.74) is 0. The van der Waals surface area contributed by atoms with E-state index in [0.29, 0.717) is 13.0 Å². The number of esters is 1. The first-order chi connectivity index (χ1) is 6.51. The molecule has 0 amide bonds. The molecule has 1 heterocycles. The Hall–Kier alpha value is -0.620. The second-order valence-corrected chi connectivity index (χ2v) is 5.86. The highest BCUT2D eigenvalue weighted by atomic mass is 32.2. The second-order valence-electron chi connectivity index (χ2n) is 3.29. The predicted molar refractivity (Wildman–Crippen MR) is 51.7 cm³/mol. The Morgan fingerprint density at radius 2 is 2.21 bits per heavy atom. The summed E-state index contributed by atoms with van der Waals surface area (Å²) < 4.78 is 27.5. The molecule has 0 aromatic heterocycles. The summed E-state index contributed by atoms with van der Waals surface area (Å²) in [5.74, 6) is -0.272. The highest BCUT2D eigenvalue weighted by Crippen LogP contribution is 2.16. The van der Waals surface area contributed by atoms with Gasteiger partial charge < -0.3 is 10.1 Å². The van der Waals surface area contributed by atoms with Gasteiger partial charge in [0.15, 0.2) is 9.84 Å². The van der Waals surface area contributed by atoms with E-state index in [1.807, 2.05) is 0 Å². The third kappa shape index (κ3) is 2.24. The van der Waals surface area contributed by atoms with Crippen molar-refractivity contribution in [3.8, 4) is 0 Å². The average molecular weight is 221 g/mol. The SMILES string of the molecule is CCS(=O)(=O)[C@H]1CN[C@H](C(=O)OC)C1. The van der Waals surface area contributed by atoms with E-state index < -0.39 is 21.1 Å². The summed E-state index contributed by atoms with van der Waals surface area (Å²) in [6.07, 6.45) is 0.322. The summed E-state index contributed by atoms with van der Waals surface area (Å²) in [6, 6.07) is -0.466. The van der Waals surface area contributed by atoms with Gasteiger partial charge >= 0.3 is 5.97 Å². The molecule has 0 aromatic rings. The lowest BCUT2D eigenvalue weighted by Crippen LogP contribution is -2.31. The fourth-order valence-corrected chi connectivity index (χ4v) is 2.84. The summed E-state index contributed by atoms with van der Waals surface area (Å²) in [7, 11) is -1.75. The van der Waals surface area contributed by atoms with Crippen LogP contribution in [0.4, 0.5) is 0 Å². The minimum absolute atomic E-state index is 0.118. The van der Waals surface area contributed by atoms with Crippen LogP contribution in [0.25, 0.3) is 0 Å². The number of hydrogen-bond donors (Lipinski definition) is 1. The van der Waals surface area contributed by atoms with E-state index in [0.717, 1.165) is 0 Å². The number of rotatable bonds is 3. The van der Waals surface area contributed by atoms with Gasteiger partial charge in [-0.05, 0) is 6.42 Å². The third-order valence-corrected chi connectivity index (χ3v) is 4.67. The van der Waals surface area contributed by atoms with Gasteiger partial charge in [0, 0.05) is 12.3 Å². The fraction of sp³-hybridized carbons (Fsp3) is 0.875. The zero-order valence-corrected chi connectivity index (χ0v) is 9.13. The largest absolute Gasteiger partial charge is 0.468 e. The fourth-order valence-electron chi connectivity index (χ4n) is 1.53. The Balaban J connectivity index is 2.62. The van der Waals surface area contributed by atoms with Crippen LogP contribution in [0.15, 0.2) is 0 Å². The lowest BCUT2D eigenvalue weighted by Gasteiger charge is -2.08. The molecule has 1 saturated heterocycles. The van der Waals surface area contributed by atoms with Gasteiger partial charge in [0.1, 0.15) is 6.04 Å². The minimum atomic E-state index is -3.04. The van der Waals surface area contributed by atoms with Crippen LogP contribution in [0.1, 0.15) is 13.3 Å². The van der Waals surface area contributed by atoms with Crippen molar-refractivity contribution in [3.63, 3.8) is 0 Å². The maximum absolute atomic E-state index is 11.5. The Labute approximate surface area is 83.7 Å². The molecule has 1 aliphatic rings. The number of nitrogens with one attached hydrogen (secondary N) is 1. The molecule has 0 aromatic carbocycles. The molecule has 1 rings (SSSR count). The number of carbonyl (C=O) groups excluding carboxylic acids is 1. The topological polar surface area (TPSA) is 72.5 Å². The molecule has 82 valence electrons. The first-order valence-corrected chi connectivity index (χ1v) is 6.25. The van der Waals surface area contributed by atoms with Crippen LogP contribution >= 0.6 is 0 Å². The molecule has 0 saturated carbocycles. The van der Waals surface area contributed by atoms with E-state index in [1.54, 1.807) is 6.92 Å². The van der Waals surface area contributed by atoms with Crippen LogP contribution in [-0.4, -0.2) is 45.1 Å². The maximum Gasteiger partial charge on any atom is 0.322 e. The molecule has 0 unspecified atom stereocenters. The molecule has 0 spiro atoms. The number of hydrogen-bond acceptors (Lipinski definition) is 5. The van der Waals surface area contributed by atoms with Gasteiger partial charge in [-0.2, -0.15) is 0 Å². The van der Waals surface area contributed by atoms with Gasteiger partial charge in [0.2, 0.25) is 0 Å². The van der Waals surface area contributed by atoms with E-state index in [1.165, 1.54) is 7.11 Å². The van der Waals surface area contributed by atoms with Crippen LogP contribution < -0.4 is 5.32 Å². The van der Waals surface area contributed by atoms with Crippen LogP contribution in [-0.2, 0) is 19.4 Å². The zero-order valence-electron chi connectivity index (χ0n) is 8.32. The molecule has 2 atom stereocenters. The molecular formula is C8H15NO4S. The molecule has 14 heavy (non-hydrogen) atoms. The number of sulfone groups is 1. The van der Waals surface area contributed by atoms with E-state index in [2.05, 4.69) is 10.1 Å². The smallest absolute Gasteiger partial charge is 0.322 e. The van der Waals surface area contributed by atoms with Crippen LogP contribution in [0, 0.1) is 0 Å². The van der Waals surface area contributed by atoms with Crippen molar-refractivity contribution in [3.05, 3.63) is 0 Å². The van der Waals surface area contributed by atoms with Crippen molar-refractivity contribution >= 4 is 15.8 Å². The average Bonchev–Trinajstić information content (AvgIpc) is 2.66. The summed E-state index contributed by atoms with van der Waals surface area (Å²) >= 11 is 0. The van der Waals surface area contributed by atoms with Crippen LogP contribution in [0.5, 0.6) is 0 Å². The zero-order chi connectivity index (χ0) is 10.8. The van der Waals surface area contributed by atoms with Gasteiger partial charge in [0.25, 0.3) is 0 Å². The molecule has 1 N–H and O–H groups in total. The molecular weight excluding hydrogens is 206 g/mol. The summed E-state index contributed by atoms with van der Waals surface area (Å²) in [4.78, 5) is 11.1. The highest BCUT2D eigenvalue weighted by Gasteiger charge is 2.36. The monoisotopic (exact) mass is 221 g/mol. The first kappa shape index (κ1) is 11.5. The van der Waals surface area contributed by atoms with Crippen molar-refractivity contribution in [1.82, 2.24) is 5.32 Å². The minimum Gasteiger partial charge on any atom is -0.468 e. The normalized spacial score (nSPS) is 27.6. The molecule has 6 heteroatoms. The maximum atomic E-state index is 11.5. The van der Waals surface area contributed by atoms with E-state index >= 15 is 0 Å². The van der Waals surface area contributed by atoms with Gasteiger partial charge in [-0.1, -0.05) is 6.92 Å². The van der Waals surface area contributed by atoms with Crippen molar-refractivity contribution < 1.29 is 17.9 Å². The number of methoxy groups -OCH3 is 1. The second kappa shape index (κ2) is 4.27. The van der Waals surface area contributed by atoms with Crippen LogP contribution in [0.2, 0.25) is 0 Å². The molecule has 5 nitrogen and oxygen atoms in total. The first-order valence-electron chi connectivity index (χ1n) is 4.54. The third-order valence-electron chi connectivity index (χ3n) is 2.49. The summed E-state index contributed by atoms with van der Waals surface area (Å²) in [6.45, 7) is 1.96. The van der Waals surface area contributed by atoms with Crippen molar-refractivity contribution in [2.45, 2.75) is 24.6 Å². The Bertz CT molecular complexity index is 311. The van der Waals surface area contributed by atoms with Crippen molar-refractivity contribution in [1.29, 1.82) is 0 Å².